The first-order chi connectivity index (χ1) is 21.8. The molecular weight excluding hydrogens is 590 g/mol. The monoisotopic (exact) mass is 639 g/mol. The first-order valence-electron chi connectivity index (χ1n) is 15.4. The van der Waals surface area contributed by atoms with E-state index in [1.165, 1.54) is 0 Å². The van der Waals surface area contributed by atoms with E-state index >= 15 is 0 Å². The highest BCUT2D eigenvalue weighted by Gasteiger charge is 2.30. The maximum absolute atomic E-state index is 13.9. The van der Waals surface area contributed by atoms with Crippen molar-refractivity contribution in [2.75, 3.05) is 13.1 Å². The van der Waals surface area contributed by atoms with Crippen LogP contribution in [0.5, 0.6) is 5.75 Å². The van der Waals surface area contributed by atoms with Crippen LogP contribution in [0.4, 0.5) is 0 Å². The summed E-state index contributed by atoms with van der Waals surface area (Å²) < 4.78 is 0. The fourth-order valence-electron chi connectivity index (χ4n) is 5.04. The number of phenols is 1. The molecule has 0 fully saturated rings. The van der Waals surface area contributed by atoms with E-state index in [-0.39, 0.29) is 43.9 Å². The first kappa shape index (κ1) is 37.5. The zero-order valence-corrected chi connectivity index (χ0v) is 26.6. The van der Waals surface area contributed by atoms with Gasteiger partial charge in [0.1, 0.15) is 23.9 Å². The van der Waals surface area contributed by atoms with E-state index in [9.17, 15) is 24.3 Å². The number of primary amides is 1. The highest BCUT2D eigenvalue weighted by atomic mass is 16.3. The van der Waals surface area contributed by atoms with Crippen LogP contribution in [0, 0.1) is 13.8 Å². The van der Waals surface area contributed by atoms with Gasteiger partial charge in [0.25, 0.3) is 0 Å². The molecular formula is C32H49N9O5. The highest BCUT2D eigenvalue weighted by Crippen LogP contribution is 2.22. The Morgan fingerprint density at radius 1 is 0.783 bits per heavy atom. The van der Waals surface area contributed by atoms with Crippen molar-refractivity contribution in [2.45, 2.75) is 83.0 Å². The van der Waals surface area contributed by atoms with Gasteiger partial charge in [-0.15, -0.1) is 0 Å². The third-order valence-corrected chi connectivity index (χ3v) is 7.54. The van der Waals surface area contributed by atoms with Crippen molar-refractivity contribution in [2.24, 2.45) is 33.7 Å². The van der Waals surface area contributed by atoms with Crippen molar-refractivity contribution in [3.63, 3.8) is 0 Å². The summed E-state index contributed by atoms with van der Waals surface area (Å²) in [5.41, 5.74) is 31.2. The van der Waals surface area contributed by atoms with E-state index in [4.69, 9.17) is 28.7 Å². The fourth-order valence-corrected chi connectivity index (χ4v) is 5.04. The van der Waals surface area contributed by atoms with Crippen LogP contribution in [0.2, 0.25) is 0 Å². The van der Waals surface area contributed by atoms with Gasteiger partial charge in [0.15, 0.2) is 5.96 Å². The number of benzene rings is 2. The maximum Gasteiger partial charge on any atom is 0.243 e. The summed E-state index contributed by atoms with van der Waals surface area (Å²) in [5.74, 6) is -2.59. The van der Waals surface area contributed by atoms with Crippen molar-refractivity contribution in [1.82, 2.24) is 16.0 Å². The molecule has 0 spiro atoms. The van der Waals surface area contributed by atoms with Crippen LogP contribution in [0.15, 0.2) is 47.5 Å². The summed E-state index contributed by atoms with van der Waals surface area (Å²) in [7, 11) is 0. The SMILES string of the molecule is Cc1cc(O)cc(C)c1C[C@@H](NC(=O)[C@@H](N)Cc1ccccc1)C(=O)N[C@@H](CCCN=C(N)N)C(=O)N[C@@H](CCCCN)C(N)=O. The van der Waals surface area contributed by atoms with Crippen LogP contribution in [0.3, 0.4) is 0 Å². The zero-order valence-electron chi connectivity index (χ0n) is 26.6. The lowest BCUT2D eigenvalue weighted by molar-refractivity contribution is -0.133. The number of carbonyl (C=O) groups excluding carboxylic acids is 4. The predicted octanol–water partition coefficient (Wildman–Crippen LogP) is -0.756. The van der Waals surface area contributed by atoms with Crippen LogP contribution in [0.25, 0.3) is 0 Å². The van der Waals surface area contributed by atoms with Gasteiger partial charge in [-0.3, -0.25) is 24.2 Å². The molecule has 2 aromatic carbocycles. The Hall–Kier alpha value is -4.69. The van der Waals surface area contributed by atoms with E-state index in [0.29, 0.717) is 36.9 Å². The number of aliphatic imine (C=N–C) groups is 1. The highest BCUT2D eigenvalue weighted by molar-refractivity contribution is 5.94. The number of nitrogens with zero attached hydrogens (tertiary/aromatic N) is 1. The summed E-state index contributed by atoms with van der Waals surface area (Å²) in [6.07, 6.45) is 2.22. The molecule has 0 aliphatic rings. The largest absolute Gasteiger partial charge is 0.508 e. The Kier molecular flexibility index (Phi) is 15.5. The van der Waals surface area contributed by atoms with Crippen molar-refractivity contribution in [3.8, 4) is 5.75 Å². The number of hydrogen-bond donors (Lipinski definition) is 9. The fraction of sp³-hybridized carbons (Fsp3) is 0.469. The third kappa shape index (κ3) is 12.7. The number of aromatic hydroxyl groups is 1. The van der Waals surface area contributed by atoms with Gasteiger partial charge in [-0.1, -0.05) is 30.3 Å². The number of nitrogens with two attached hydrogens (primary N) is 5. The van der Waals surface area contributed by atoms with Crippen LogP contribution in [0.1, 0.15) is 54.4 Å². The van der Waals surface area contributed by atoms with Crippen molar-refractivity contribution < 1.29 is 24.3 Å². The molecule has 0 aliphatic carbocycles. The van der Waals surface area contributed by atoms with Crippen LogP contribution in [-0.2, 0) is 32.0 Å². The molecule has 0 unspecified atom stereocenters. The number of unbranched alkanes of at least 4 members (excludes halogenated alkanes) is 1. The number of guanidine groups is 1. The van der Waals surface area contributed by atoms with Crippen molar-refractivity contribution in [3.05, 3.63) is 64.7 Å². The summed E-state index contributed by atoms with van der Waals surface area (Å²) >= 11 is 0. The van der Waals surface area contributed by atoms with E-state index in [1.807, 2.05) is 30.3 Å². The Balaban J connectivity index is 2.34. The Morgan fingerprint density at radius 3 is 1.93 bits per heavy atom. The molecule has 14 N–H and O–H groups in total. The van der Waals surface area contributed by atoms with Crippen molar-refractivity contribution in [1.29, 1.82) is 0 Å². The number of hydrogen-bond acceptors (Lipinski definition) is 8. The van der Waals surface area contributed by atoms with Gasteiger partial charge in [-0.05, 0) is 93.3 Å². The molecule has 2 aromatic rings. The van der Waals surface area contributed by atoms with Crippen LogP contribution < -0.4 is 44.6 Å². The Bertz CT molecular complexity index is 1330. The van der Waals surface area contributed by atoms with Crippen molar-refractivity contribution >= 4 is 29.6 Å². The van der Waals surface area contributed by atoms with Gasteiger partial charge >= 0.3 is 0 Å². The zero-order chi connectivity index (χ0) is 34.2. The van der Waals surface area contributed by atoms with Crippen LogP contribution >= 0.6 is 0 Å². The molecule has 0 saturated carbocycles. The number of rotatable bonds is 19. The molecule has 0 radical (unpaired) electrons. The van der Waals surface area contributed by atoms with Gasteiger partial charge < -0.3 is 49.7 Å². The maximum atomic E-state index is 13.9. The Labute approximate surface area is 269 Å². The van der Waals surface area contributed by atoms with Gasteiger partial charge in [0, 0.05) is 13.0 Å². The van der Waals surface area contributed by atoms with Gasteiger partial charge in [0.2, 0.25) is 23.6 Å². The minimum Gasteiger partial charge on any atom is -0.508 e. The topological polar surface area (TPSA) is 267 Å². The second kappa shape index (κ2) is 19.0. The first-order valence-corrected chi connectivity index (χ1v) is 15.4. The average molecular weight is 640 g/mol. The molecule has 0 saturated heterocycles. The lowest BCUT2D eigenvalue weighted by Crippen LogP contribution is -2.58. The quantitative estimate of drug-likeness (QED) is 0.0530. The molecule has 0 aromatic heterocycles. The minimum absolute atomic E-state index is 0.0545. The van der Waals surface area contributed by atoms with E-state index < -0.39 is 47.8 Å². The number of phenolic OH excluding ortho intramolecular Hbond substituents is 1. The normalized spacial score (nSPS) is 13.5. The van der Waals surface area contributed by atoms with E-state index in [2.05, 4.69) is 20.9 Å². The number of aryl methyl sites for hydroxylation is 2. The lowest BCUT2D eigenvalue weighted by Gasteiger charge is -2.26. The van der Waals surface area contributed by atoms with E-state index in [0.717, 1.165) is 11.1 Å². The van der Waals surface area contributed by atoms with Gasteiger partial charge in [-0.2, -0.15) is 0 Å². The number of nitrogens with one attached hydrogen (secondary N) is 3. The molecule has 4 atom stereocenters. The molecule has 252 valence electrons. The number of carbonyl (C=O) groups is 4. The van der Waals surface area contributed by atoms with Gasteiger partial charge in [0.05, 0.1) is 6.04 Å². The summed E-state index contributed by atoms with van der Waals surface area (Å²) in [4.78, 5) is 56.6. The average Bonchev–Trinajstić information content (AvgIpc) is 2.99. The lowest BCUT2D eigenvalue weighted by atomic mass is 9.95. The molecule has 4 amide bonds. The predicted molar refractivity (Wildman–Crippen MR) is 177 cm³/mol. The second-order valence-electron chi connectivity index (χ2n) is 11.4. The molecule has 0 aliphatic heterocycles. The third-order valence-electron chi connectivity index (χ3n) is 7.54. The standard InChI is InChI=1S/C32H49N9O5/c1-19-15-22(42)16-20(2)23(19)18-27(41-29(44)24(34)17-21-9-4-3-5-10-21)31(46)40-26(12-8-14-38-32(36)37)30(45)39-25(28(35)43)11-6-7-13-33/h3-5,9-10,15-16,24-27,42H,6-8,11-14,17-18,33-34H2,1-2H3,(H2,35,43)(H,39,45)(H,40,46)(H,41,44)(H4,36,37,38)/t24-,25-,26-,27+/m0/s1. The minimum atomic E-state index is -1.14. The molecule has 0 bridgehead atoms. The van der Waals surface area contributed by atoms with E-state index in [1.54, 1.807) is 26.0 Å². The Morgan fingerprint density at radius 2 is 1.35 bits per heavy atom. The van der Waals surface area contributed by atoms with Crippen LogP contribution in [-0.4, -0.2) is 72.0 Å². The summed E-state index contributed by atoms with van der Waals surface area (Å²) in [5, 5.41) is 18.2. The second-order valence-corrected chi connectivity index (χ2v) is 11.4. The molecule has 2 rings (SSSR count). The summed E-state index contributed by atoms with van der Waals surface area (Å²) in [6, 6.07) is 8.18. The smallest absolute Gasteiger partial charge is 0.243 e. The summed E-state index contributed by atoms with van der Waals surface area (Å²) in [6.45, 7) is 4.19. The van der Waals surface area contributed by atoms with Gasteiger partial charge in [-0.25, -0.2) is 0 Å². The molecule has 14 heteroatoms. The molecule has 46 heavy (non-hydrogen) atoms. The number of amides is 4. The molecule has 0 heterocycles. The molecule has 14 nitrogen and oxygen atoms in total.